The SMILES string of the molecule is CCC(C)C1=CC=C[C]1([Ti+3])[Si]1(c2ccccc2)CCCC1.[Cl-].[Cl-].[Cl-]. The van der Waals surface area contributed by atoms with Crippen LogP contribution in [0, 0.1) is 5.92 Å². The summed E-state index contributed by atoms with van der Waals surface area (Å²) in [7, 11) is -1.50. The minimum Gasteiger partial charge on any atom is -1.00 e. The molecule has 0 bridgehead atoms. The van der Waals surface area contributed by atoms with Gasteiger partial charge in [-0.2, -0.15) is 0 Å². The van der Waals surface area contributed by atoms with E-state index < -0.39 is 8.07 Å². The normalized spacial score (nSPS) is 25.1. The van der Waals surface area contributed by atoms with Crippen LogP contribution in [0.15, 0.2) is 54.1 Å². The number of benzene rings is 1. The molecule has 1 saturated heterocycles. The second kappa shape index (κ2) is 10.00. The van der Waals surface area contributed by atoms with Crippen molar-refractivity contribution < 1.29 is 57.7 Å². The second-order valence-electron chi connectivity index (χ2n) is 6.75. The van der Waals surface area contributed by atoms with E-state index in [2.05, 4.69) is 82.8 Å². The van der Waals surface area contributed by atoms with Crippen LogP contribution < -0.4 is 42.4 Å². The number of hydrogen-bond donors (Lipinski definition) is 0. The molecule has 24 heavy (non-hydrogen) atoms. The third-order valence-corrected chi connectivity index (χ3v) is 14.5. The first-order valence-corrected chi connectivity index (χ1v) is 11.5. The smallest absolute Gasteiger partial charge is 1.00 e. The van der Waals surface area contributed by atoms with Crippen LogP contribution in [-0.2, 0) is 20.4 Å². The molecule has 3 rings (SSSR count). The molecular weight excluding hydrogens is 411 g/mol. The predicted molar refractivity (Wildman–Crippen MR) is 90.0 cm³/mol. The van der Waals surface area contributed by atoms with Crippen molar-refractivity contribution in [3.8, 4) is 0 Å². The number of rotatable bonds is 4. The fourth-order valence-electron chi connectivity index (χ4n) is 4.38. The monoisotopic (exact) mass is 434 g/mol. The van der Waals surface area contributed by atoms with Crippen LogP contribution in [0.1, 0.15) is 33.1 Å². The third kappa shape index (κ3) is 3.92. The van der Waals surface area contributed by atoms with Crippen molar-refractivity contribution in [1.29, 1.82) is 0 Å². The van der Waals surface area contributed by atoms with Gasteiger partial charge in [0.2, 0.25) is 0 Å². The molecule has 0 aromatic heterocycles. The Morgan fingerprint density at radius 1 is 1.08 bits per heavy atom. The molecule has 5 heteroatoms. The van der Waals surface area contributed by atoms with Crippen molar-refractivity contribution in [2.75, 3.05) is 0 Å². The summed E-state index contributed by atoms with van der Waals surface area (Å²) in [6.45, 7) is 4.74. The van der Waals surface area contributed by atoms with Crippen LogP contribution in [0.2, 0.25) is 15.4 Å². The maximum atomic E-state index is 2.55. The Kier molecular flexibility index (Phi) is 10.2. The molecule has 1 fully saturated rings. The first kappa shape index (κ1) is 24.5. The molecule has 1 aromatic carbocycles. The van der Waals surface area contributed by atoms with Gasteiger partial charge in [0.05, 0.1) is 0 Å². The fourth-order valence-corrected chi connectivity index (χ4v) is 12.8. The molecule has 0 amide bonds. The van der Waals surface area contributed by atoms with Crippen molar-refractivity contribution >= 4 is 13.3 Å². The van der Waals surface area contributed by atoms with Gasteiger partial charge in [0, 0.05) is 0 Å². The van der Waals surface area contributed by atoms with Gasteiger partial charge >= 0.3 is 142 Å². The van der Waals surface area contributed by atoms with Crippen LogP contribution in [0.5, 0.6) is 0 Å². The summed E-state index contributed by atoms with van der Waals surface area (Å²) in [6.07, 6.45) is 11.4. The molecule has 2 atom stereocenters. The molecule has 0 radical (unpaired) electrons. The van der Waals surface area contributed by atoms with Crippen molar-refractivity contribution in [3.63, 3.8) is 0 Å². The van der Waals surface area contributed by atoms with Gasteiger partial charge in [-0.1, -0.05) is 0 Å². The summed E-state index contributed by atoms with van der Waals surface area (Å²) >= 11 is 2.55. The quantitative estimate of drug-likeness (QED) is 0.422. The predicted octanol–water partition coefficient (Wildman–Crippen LogP) is -4.06. The van der Waals surface area contributed by atoms with E-state index in [4.69, 9.17) is 0 Å². The summed E-state index contributed by atoms with van der Waals surface area (Å²) in [5, 5.41) is 1.69. The Labute approximate surface area is 178 Å². The standard InChI is InChI=1S/C19H25Si.3ClH.Ti/c1-3-16(2)18-12-9-13-19(18)20(14-7-8-15-20)17-10-5-4-6-11-17;;;;/h4-6,9-13,16H,3,7-8,14-15H2,1-2H3;3*1H;/q;;;;+3/p-3. The van der Waals surface area contributed by atoms with Gasteiger partial charge in [0.25, 0.3) is 0 Å². The van der Waals surface area contributed by atoms with Gasteiger partial charge in [0.1, 0.15) is 0 Å². The van der Waals surface area contributed by atoms with Gasteiger partial charge in [-0.25, -0.2) is 0 Å². The van der Waals surface area contributed by atoms with Crippen LogP contribution in [0.3, 0.4) is 0 Å². The van der Waals surface area contributed by atoms with Crippen molar-refractivity contribution in [3.05, 3.63) is 54.1 Å². The Hall–Kier alpha value is 0.501. The molecule has 2 aliphatic rings. The summed E-state index contributed by atoms with van der Waals surface area (Å²) in [5.41, 5.74) is 1.71. The maximum Gasteiger partial charge on any atom is -1.00 e. The molecule has 130 valence electrons. The van der Waals surface area contributed by atoms with E-state index in [0.717, 1.165) is 0 Å². The Morgan fingerprint density at radius 3 is 2.21 bits per heavy atom. The van der Waals surface area contributed by atoms with E-state index in [1.54, 1.807) is 10.8 Å². The van der Waals surface area contributed by atoms with E-state index in [0.29, 0.717) is 9.26 Å². The average molecular weight is 436 g/mol. The van der Waals surface area contributed by atoms with Gasteiger partial charge in [0.15, 0.2) is 0 Å². The van der Waals surface area contributed by atoms with Crippen LogP contribution in [-0.4, -0.2) is 8.07 Å². The molecule has 0 spiro atoms. The minimum atomic E-state index is -1.50. The third-order valence-electron chi connectivity index (χ3n) is 5.76. The summed E-state index contributed by atoms with van der Waals surface area (Å²) in [6, 6.07) is 14.4. The summed E-state index contributed by atoms with van der Waals surface area (Å²) in [5.74, 6) is 0.707. The van der Waals surface area contributed by atoms with Gasteiger partial charge in [-0.05, 0) is 0 Å². The van der Waals surface area contributed by atoms with Crippen molar-refractivity contribution in [2.24, 2.45) is 5.92 Å². The minimum absolute atomic E-state index is 0. The molecule has 2 unspecified atom stereocenters. The first-order valence-electron chi connectivity index (χ1n) is 8.34. The van der Waals surface area contributed by atoms with E-state index in [-0.39, 0.29) is 37.2 Å². The summed E-state index contributed by atoms with van der Waals surface area (Å²) in [4.78, 5) is 0. The van der Waals surface area contributed by atoms with Gasteiger partial charge in [-0.3, -0.25) is 0 Å². The molecule has 1 aliphatic heterocycles. The van der Waals surface area contributed by atoms with Gasteiger partial charge < -0.3 is 37.2 Å². The van der Waals surface area contributed by atoms with Crippen molar-refractivity contribution in [1.82, 2.24) is 0 Å². The fraction of sp³-hybridized carbons (Fsp3) is 0.474. The van der Waals surface area contributed by atoms with E-state index in [9.17, 15) is 0 Å². The number of hydrogen-bond acceptors (Lipinski definition) is 0. The first-order chi connectivity index (χ1) is 10.1. The second-order valence-corrected chi connectivity index (χ2v) is 13.3. The van der Waals surface area contributed by atoms with E-state index >= 15 is 0 Å². The Morgan fingerprint density at radius 2 is 1.67 bits per heavy atom. The Balaban J connectivity index is 0.00000176. The molecule has 0 nitrogen and oxygen atoms in total. The van der Waals surface area contributed by atoms with Crippen LogP contribution >= 0.6 is 0 Å². The largest absolute Gasteiger partial charge is 1.00 e. The number of halogens is 3. The zero-order chi connectivity index (χ0) is 14.9. The summed E-state index contributed by atoms with van der Waals surface area (Å²) < 4.78 is 0.334. The van der Waals surface area contributed by atoms with E-state index in [1.165, 1.54) is 31.4 Å². The molecule has 1 aromatic rings. The van der Waals surface area contributed by atoms with Crippen LogP contribution in [0.4, 0.5) is 0 Å². The Bertz CT molecular complexity index is 567. The molecule has 1 heterocycles. The average Bonchev–Trinajstić information content (AvgIpc) is 3.16. The number of allylic oxidation sites excluding steroid dienone is 4. The topological polar surface area (TPSA) is 0 Å². The van der Waals surface area contributed by atoms with Crippen molar-refractivity contribution in [2.45, 2.75) is 48.5 Å². The molecular formula is C19H25Cl3SiTi. The van der Waals surface area contributed by atoms with E-state index in [1.807, 2.05) is 0 Å². The zero-order valence-corrected chi connectivity index (χ0v) is 19.2. The molecule has 0 N–H and O–H groups in total. The molecule has 1 aliphatic carbocycles. The zero-order valence-electron chi connectivity index (χ0n) is 14.4. The maximum absolute atomic E-state index is 2.55. The van der Waals surface area contributed by atoms with Gasteiger partial charge in [-0.15, -0.1) is 0 Å². The molecule has 0 saturated carbocycles. The van der Waals surface area contributed by atoms with Crippen LogP contribution in [0.25, 0.3) is 0 Å².